The Kier molecular flexibility index (Phi) is 4.77. The first-order chi connectivity index (χ1) is 8.69. The van der Waals surface area contributed by atoms with E-state index in [0.717, 1.165) is 12.8 Å². The number of halogens is 1. The lowest BCUT2D eigenvalue weighted by Gasteiger charge is -2.16. The predicted molar refractivity (Wildman–Crippen MR) is 82.5 cm³/mol. The molecule has 1 aromatic heterocycles. The van der Waals surface area contributed by atoms with Crippen LogP contribution in [0.15, 0.2) is 36.7 Å². The zero-order valence-corrected chi connectivity index (χ0v) is 12.9. The lowest BCUT2D eigenvalue weighted by molar-refractivity contribution is 0.549. The van der Waals surface area contributed by atoms with Crippen LogP contribution in [0.25, 0.3) is 0 Å². The fraction of sp³-hybridized carbons (Fsp3) is 0.357. The predicted octanol–water partition coefficient (Wildman–Crippen LogP) is 2.92. The highest BCUT2D eigenvalue weighted by Crippen LogP contribution is 2.20. The van der Waals surface area contributed by atoms with E-state index in [4.69, 9.17) is 0 Å². The van der Waals surface area contributed by atoms with Gasteiger partial charge in [0.15, 0.2) is 0 Å². The van der Waals surface area contributed by atoms with Gasteiger partial charge < -0.3 is 5.32 Å². The number of rotatable bonds is 5. The van der Waals surface area contributed by atoms with Gasteiger partial charge in [0.25, 0.3) is 0 Å². The average molecular weight is 355 g/mol. The Labute approximate surface area is 122 Å². The molecule has 0 aliphatic carbocycles. The summed E-state index contributed by atoms with van der Waals surface area (Å²) in [5, 5.41) is 7.59. The molecule has 0 bridgehead atoms. The van der Waals surface area contributed by atoms with E-state index in [1.165, 1.54) is 14.7 Å². The van der Waals surface area contributed by atoms with Crippen molar-refractivity contribution < 1.29 is 0 Å². The molecule has 1 aromatic carbocycles. The molecule has 96 valence electrons. The molecule has 2 rings (SSSR count). The van der Waals surface area contributed by atoms with Crippen LogP contribution in [0.4, 0.5) is 0 Å². The van der Waals surface area contributed by atoms with Crippen LogP contribution in [0.1, 0.15) is 23.6 Å². The summed E-state index contributed by atoms with van der Waals surface area (Å²) in [5.74, 6) is 0. The van der Waals surface area contributed by atoms with Crippen LogP contribution < -0.4 is 5.32 Å². The van der Waals surface area contributed by atoms with E-state index in [9.17, 15) is 0 Å². The smallest absolute Gasteiger partial charge is 0.0521 e. The first-order valence-corrected chi connectivity index (χ1v) is 7.17. The minimum Gasteiger partial charge on any atom is -0.313 e. The molecule has 2 aromatic rings. The first kappa shape index (κ1) is 13.5. The van der Waals surface area contributed by atoms with Gasteiger partial charge in [0.2, 0.25) is 0 Å². The second-order valence-corrected chi connectivity index (χ2v) is 5.70. The Morgan fingerprint density at radius 1 is 1.44 bits per heavy atom. The molecule has 0 saturated carbocycles. The highest BCUT2D eigenvalue weighted by molar-refractivity contribution is 14.1. The quantitative estimate of drug-likeness (QED) is 0.836. The van der Waals surface area contributed by atoms with Crippen molar-refractivity contribution in [1.29, 1.82) is 0 Å². The summed E-state index contributed by atoms with van der Waals surface area (Å²) in [4.78, 5) is 0. The summed E-state index contributed by atoms with van der Waals surface area (Å²) in [5.41, 5.74) is 2.65. The zero-order chi connectivity index (χ0) is 13.0. The fourth-order valence-electron chi connectivity index (χ4n) is 2.11. The van der Waals surface area contributed by atoms with Crippen LogP contribution in [-0.4, -0.2) is 16.8 Å². The van der Waals surface area contributed by atoms with Crippen molar-refractivity contribution in [3.05, 3.63) is 51.4 Å². The molecule has 0 aliphatic rings. The summed E-state index contributed by atoms with van der Waals surface area (Å²) < 4.78 is 3.14. The maximum atomic E-state index is 4.20. The van der Waals surface area contributed by atoms with Gasteiger partial charge in [-0.3, -0.25) is 4.68 Å². The first-order valence-electron chi connectivity index (χ1n) is 6.09. The lowest BCUT2D eigenvalue weighted by atomic mass is 10.0. The summed E-state index contributed by atoms with van der Waals surface area (Å²) in [6, 6.07) is 9.07. The Balaban J connectivity index is 2.01. The van der Waals surface area contributed by atoms with Crippen LogP contribution in [0.5, 0.6) is 0 Å². The molecule has 4 heteroatoms. The Bertz CT molecular complexity index is 507. The SMILES string of the molecule is CNC(CCc1cnn(C)c1)c1cccc(I)c1. The van der Waals surface area contributed by atoms with Crippen molar-refractivity contribution in [3.63, 3.8) is 0 Å². The molecule has 0 amide bonds. The van der Waals surface area contributed by atoms with E-state index in [1.807, 2.05) is 25.0 Å². The van der Waals surface area contributed by atoms with Gasteiger partial charge in [-0.05, 0) is 65.7 Å². The molecule has 0 saturated heterocycles. The third kappa shape index (κ3) is 3.55. The number of hydrogen-bond acceptors (Lipinski definition) is 2. The van der Waals surface area contributed by atoms with E-state index in [1.54, 1.807) is 0 Å². The molecule has 1 N–H and O–H groups in total. The van der Waals surface area contributed by atoms with Crippen LogP contribution in [0.3, 0.4) is 0 Å². The maximum Gasteiger partial charge on any atom is 0.0521 e. The second kappa shape index (κ2) is 6.33. The minimum absolute atomic E-state index is 0.403. The third-order valence-corrected chi connectivity index (χ3v) is 3.75. The van der Waals surface area contributed by atoms with Crippen LogP contribution in [0, 0.1) is 3.57 Å². The van der Waals surface area contributed by atoms with E-state index in [0.29, 0.717) is 6.04 Å². The minimum atomic E-state index is 0.403. The van der Waals surface area contributed by atoms with Crippen molar-refractivity contribution in [2.24, 2.45) is 7.05 Å². The van der Waals surface area contributed by atoms with Crippen LogP contribution in [0.2, 0.25) is 0 Å². The van der Waals surface area contributed by atoms with E-state index < -0.39 is 0 Å². The molecule has 0 spiro atoms. The number of hydrogen-bond donors (Lipinski definition) is 1. The van der Waals surface area contributed by atoms with Crippen molar-refractivity contribution in [2.45, 2.75) is 18.9 Å². The van der Waals surface area contributed by atoms with Crippen molar-refractivity contribution in [2.75, 3.05) is 7.05 Å². The van der Waals surface area contributed by atoms with Gasteiger partial charge in [0, 0.05) is 22.9 Å². The molecule has 0 aliphatic heterocycles. The Morgan fingerprint density at radius 2 is 2.28 bits per heavy atom. The zero-order valence-electron chi connectivity index (χ0n) is 10.7. The summed E-state index contributed by atoms with van der Waals surface area (Å²) in [6.07, 6.45) is 6.16. The number of benzene rings is 1. The van der Waals surface area contributed by atoms with Gasteiger partial charge in [0.1, 0.15) is 0 Å². The van der Waals surface area contributed by atoms with E-state index >= 15 is 0 Å². The molecule has 1 unspecified atom stereocenters. The Hall–Kier alpha value is -0.880. The topological polar surface area (TPSA) is 29.9 Å². The highest BCUT2D eigenvalue weighted by Gasteiger charge is 2.10. The average Bonchev–Trinajstić information content (AvgIpc) is 2.76. The molecule has 1 atom stereocenters. The van der Waals surface area contributed by atoms with Crippen molar-refractivity contribution >= 4 is 22.6 Å². The molecular formula is C14H18IN3. The van der Waals surface area contributed by atoms with Gasteiger partial charge >= 0.3 is 0 Å². The largest absolute Gasteiger partial charge is 0.313 e. The van der Waals surface area contributed by atoms with Gasteiger partial charge in [-0.2, -0.15) is 5.10 Å². The number of nitrogens with one attached hydrogen (secondary N) is 1. The fourth-order valence-corrected chi connectivity index (χ4v) is 2.68. The van der Waals surface area contributed by atoms with Gasteiger partial charge in [-0.25, -0.2) is 0 Å². The van der Waals surface area contributed by atoms with Gasteiger partial charge in [0.05, 0.1) is 6.20 Å². The second-order valence-electron chi connectivity index (χ2n) is 4.46. The molecule has 1 heterocycles. The van der Waals surface area contributed by atoms with Gasteiger partial charge in [-0.15, -0.1) is 0 Å². The molecule has 3 nitrogen and oxygen atoms in total. The maximum absolute atomic E-state index is 4.20. The summed E-state index contributed by atoms with van der Waals surface area (Å²) >= 11 is 2.36. The molecule has 18 heavy (non-hydrogen) atoms. The summed E-state index contributed by atoms with van der Waals surface area (Å²) in [6.45, 7) is 0. The summed E-state index contributed by atoms with van der Waals surface area (Å²) in [7, 11) is 3.98. The molecular weight excluding hydrogens is 337 g/mol. The highest BCUT2D eigenvalue weighted by atomic mass is 127. The molecule has 0 radical (unpaired) electrons. The van der Waals surface area contributed by atoms with Crippen LogP contribution >= 0.6 is 22.6 Å². The van der Waals surface area contributed by atoms with Crippen molar-refractivity contribution in [3.8, 4) is 0 Å². The van der Waals surface area contributed by atoms with E-state index in [2.05, 4.69) is 63.5 Å². The number of nitrogens with zero attached hydrogens (tertiary/aromatic N) is 2. The lowest BCUT2D eigenvalue weighted by Crippen LogP contribution is -2.17. The normalized spacial score (nSPS) is 12.6. The third-order valence-electron chi connectivity index (χ3n) is 3.08. The monoisotopic (exact) mass is 355 g/mol. The Morgan fingerprint density at radius 3 is 2.89 bits per heavy atom. The van der Waals surface area contributed by atoms with Gasteiger partial charge in [-0.1, -0.05) is 12.1 Å². The van der Waals surface area contributed by atoms with Crippen molar-refractivity contribution in [1.82, 2.24) is 15.1 Å². The number of aromatic nitrogens is 2. The molecule has 0 fully saturated rings. The van der Waals surface area contributed by atoms with Crippen LogP contribution in [-0.2, 0) is 13.5 Å². The van der Waals surface area contributed by atoms with E-state index in [-0.39, 0.29) is 0 Å². The number of aryl methyl sites for hydroxylation is 2. The standard InChI is InChI=1S/C14H18IN3/c1-16-14(12-4-3-5-13(15)8-12)7-6-11-9-17-18(2)10-11/h3-5,8-10,14,16H,6-7H2,1-2H3.